The van der Waals surface area contributed by atoms with Crippen molar-refractivity contribution in [2.75, 3.05) is 11.1 Å². The smallest absolute Gasteiger partial charge is 0.152 e. The zero-order chi connectivity index (χ0) is 14.2. The van der Waals surface area contributed by atoms with Crippen LogP contribution in [0.5, 0.6) is 0 Å². The summed E-state index contributed by atoms with van der Waals surface area (Å²) in [7, 11) is 0. The number of aromatic nitrogens is 2. The second kappa shape index (κ2) is 4.91. The van der Waals surface area contributed by atoms with E-state index in [2.05, 4.69) is 10.4 Å². The number of hydrogen-bond donors (Lipinski definition) is 2. The van der Waals surface area contributed by atoms with Crippen molar-refractivity contribution in [3.05, 3.63) is 35.3 Å². The Morgan fingerprint density at radius 2 is 2.00 bits per heavy atom. The fourth-order valence-electron chi connectivity index (χ4n) is 1.91. The molecule has 0 aliphatic rings. The third kappa shape index (κ3) is 2.54. The van der Waals surface area contributed by atoms with Crippen LogP contribution in [0.1, 0.15) is 31.1 Å². The van der Waals surface area contributed by atoms with Crippen LogP contribution < -0.4 is 11.1 Å². The molecule has 1 aromatic heterocycles. The molecule has 0 spiro atoms. The van der Waals surface area contributed by atoms with Crippen LogP contribution in [-0.4, -0.2) is 9.78 Å². The van der Waals surface area contributed by atoms with Gasteiger partial charge in [-0.05, 0) is 45.4 Å². The molecule has 2 rings (SSSR count). The van der Waals surface area contributed by atoms with Crippen molar-refractivity contribution in [3.8, 4) is 0 Å². The van der Waals surface area contributed by atoms with E-state index in [0.29, 0.717) is 17.2 Å². The molecular weight excluding hydrogens is 243 g/mol. The van der Waals surface area contributed by atoms with E-state index in [0.717, 1.165) is 11.3 Å². The van der Waals surface area contributed by atoms with E-state index in [1.165, 1.54) is 12.1 Å². The standard InChI is InChI=1S/C14H19FN4/c1-8(2)19-14(13(16)10(4)18-19)17-12-7-11(15)6-5-9(12)3/h5-8,17H,16H2,1-4H3. The zero-order valence-electron chi connectivity index (χ0n) is 11.7. The first-order chi connectivity index (χ1) is 8.90. The maximum absolute atomic E-state index is 13.3. The molecular formula is C14H19FN4. The van der Waals surface area contributed by atoms with E-state index in [4.69, 9.17) is 5.73 Å². The van der Waals surface area contributed by atoms with Gasteiger partial charge in [0.2, 0.25) is 0 Å². The topological polar surface area (TPSA) is 55.9 Å². The molecule has 19 heavy (non-hydrogen) atoms. The van der Waals surface area contributed by atoms with Gasteiger partial charge in [-0.3, -0.25) is 0 Å². The van der Waals surface area contributed by atoms with E-state index in [1.807, 2.05) is 32.4 Å². The molecule has 0 unspecified atom stereocenters. The minimum absolute atomic E-state index is 0.173. The maximum atomic E-state index is 13.3. The molecule has 102 valence electrons. The Hall–Kier alpha value is -2.04. The Labute approximate surface area is 112 Å². The molecule has 1 aromatic carbocycles. The van der Waals surface area contributed by atoms with Crippen LogP contribution in [0.15, 0.2) is 18.2 Å². The minimum Gasteiger partial charge on any atom is -0.394 e. The normalized spacial score (nSPS) is 11.1. The van der Waals surface area contributed by atoms with E-state index >= 15 is 0 Å². The summed E-state index contributed by atoms with van der Waals surface area (Å²) in [6.07, 6.45) is 0. The molecule has 0 aliphatic carbocycles. The van der Waals surface area contributed by atoms with Gasteiger partial charge in [0.05, 0.1) is 11.4 Å². The largest absolute Gasteiger partial charge is 0.394 e. The van der Waals surface area contributed by atoms with Crippen molar-refractivity contribution in [2.24, 2.45) is 0 Å². The number of anilines is 3. The van der Waals surface area contributed by atoms with E-state index < -0.39 is 0 Å². The Bertz CT molecular complexity index is 602. The van der Waals surface area contributed by atoms with Gasteiger partial charge in [0.25, 0.3) is 0 Å². The van der Waals surface area contributed by atoms with Crippen molar-refractivity contribution < 1.29 is 4.39 Å². The first kappa shape index (κ1) is 13.4. The Morgan fingerprint density at radius 1 is 1.32 bits per heavy atom. The van der Waals surface area contributed by atoms with Crippen molar-refractivity contribution in [2.45, 2.75) is 33.7 Å². The zero-order valence-corrected chi connectivity index (χ0v) is 11.7. The minimum atomic E-state index is -0.279. The predicted octanol–water partition coefficient (Wildman–Crippen LogP) is 3.55. The third-order valence-corrected chi connectivity index (χ3v) is 3.07. The highest BCUT2D eigenvalue weighted by molar-refractivity contribution is 5.72. The molecule has 0 saturated carbocycles. The summed E-state index contributed by atoms with van der Waals surface area (Å²) >= 11 is 0. The molecule has 0 amide bonds. The molecule has 0 radical (unpaired) electrons. The number of aryl methyl sites for hydroxylation is 2. The van der Waals surface area contributed by atoms with Gasteiger partial charge in [0, 0.05) is 11.7 Å². The Kier molecular flexibility index (Phi) is 3.46. The molecule has 0 fully saturated rings. The molecule has 0 saturated heterocycles. The van der Waals surface area contributed by atoms with Crippen LogP contribution in [0.3, 0.4) is 0 Å². The van der Waals surface area contributed by atoms with Gasteiger partial charge in [0.1, 0.15) is 5.82 Å². The lowest BCUT2D eigenvalue weighted by Gasteiger charge is -2.15. The SMILES string of the molecule is Cc1ccc(F)cc1Nc1c(N)c(C)nn1C(C)C. The number of nitrogens with one attached hydrogen (secondary N) is 1. The molecule has 0 aliphatic heterocycles. The fraction of sp³-hybridized carbons (Fsp3) is 0.357. The predicted molar refractivity (Wildman–Crippen MR) is 76.2 cm³/mol. The molecule has 0 bridgehead atoms. The van der Waals surface area contributed by atoms with E-state index in [9.17, 15) is 4.39 Å². The van der Waals surface area contributed by atoms with Gasteiger partial charge >= 0.3 is 0 Å². The highest BCUT2D eigenvalue weighted by Crippen LogP contribution is 2.30. The second-order valence-electron chi connectivity index (χ2n) is 4.97. The van der Waals surface area contributed by atoms with E-state index in [-0.39, 0.29) is 11.9 Å². The molecule has 2 aromatic rings. The third-order valence-electron chi connectivity index (χ3n) is 3.07. The quantitative estimate of drug-likeness (QED) is 0.889. The van der Waals surface area contributed by atoms with Crippen molar-refractivity contribution in [1.82, 2.24) is 9.78 Å². The highest BCUT2D eigenvalue weighted by atomic mass is 19.1. The van der Waals surface area contributed by atoms with Crippen molar-refractivity contribution >= 4 is 17.2 Å². The molecule has 0 atom stereocenters. The first-order valence-corrected chi connectivity index (χ1v) is 6.28. The Morgan fingerprint density at radius 3 is 2.63 bits per heavy atom. The summed E-state index contributed by atoms with van der Waals surface area (Å²) in [5.41, 5.74) is 9.06. The first-order valence-electron chi connectivity index (χ1n) is 6.28. The summed E-state index contributed by atoms with van der Waals surface area (Å²) < 4.78 is 15.1. The van der Waals surface area contributed by atoms with E-state index in [1.54, 1.807) is 6.07 Å². The number of nitrogens with two attached hydrogens (primary N) is 1. The molecule has 3 N–H and O–H groups in total. The fourth-order valence-corrected chi connectivity index (χ4v) is 1.91. The number of benzene rings is 1. The van der Waals surface area contributed by atoms with Gasteiger partial charge in [-0.15, -0.1) is 0 Å². The Balaban J connectivity index is 2.45. The van der Waals surface area contributed by atoms with Gasteiger partial charge in [-0.1, -0.05) is 6.07 Å². The molecule has 1 heterocycles. The maximum Gasteiger partial charge on any atom is 0.152 e. The summed E-state index contributed by atoms with van der Waals surface area (Å²) in [6.45, 7) is 7.82. The molecule has 4 nitrogen and oxygen atoms in total. The second-order valence-corrected chi connectivity index (χ2v) is 4.97. The van der Waals surface area contributed by atoms with Gasteiger partial charge in [0.15, 0.2) is 5.82 Å². The van der Waals surface area contributed by atoms with Crippen LogP contribution in [-0.2, 0) is 0 Å². The number of halogens is 1. The lowest BCUT2D eigenvalue weighted by atomic mass is 10.2. The summed E-state index contributed by atoms with van der Waals surface area (Å²) in [6, 6.07) is 4.81. The lowest BCUT2D eigenvalue weighted by molar-refractivity contribution is 0.536. The van der Waals surface area contributed by atoms with Crippen molar-refractivity contribution in [3.63, 3.8) is 0 Å². The average molecular weight is 262 g/mol. The monoisotopic (exact) mass is 262 g/mol. The number of hydrogen-bond acceptors (Lipinski definition) is 3. The van der Waals surface area contributed by atoms with Crippen LogP contribution >= 0.6 is 0 Å². The summed E-state index contributed by atoms with van der Waals surface area (Å²) in [4.78, 5) is 0. The number of nitrogens with zero attached hydrogens (tertiary/aromatic N) is 2. The lowest BCUT2D eigenvalue weighted by Crippen LogP contribution is -2.08. The van der Waals surface area contributed by atoms with Crippen LogP contribution in [0.4, 0.5) is 21.6 Å². The summed E-state index contributed by atoms with van der Waals surface area (Å²) in [5, 5.41) is 7.58. The van der Waals surface area contributed by atoms with Gasteiger partial charge in [-0.25, -0.2) is 9.07 Å². The van der Waals surface area contributed by atoms with Crippen LogP contribution in [0.25, 0.3) is 0 Å². The summed E-state index contributed by atoms with van der Waals surface area (Å²) in [5.74, 6) is 0.431. The molecule has 5 heteroatoms. The number of rotatable bonds is 3. The van der Waals surface area contributed by atoms with Crippen LogP contribution in [0.2, 0.25) is 0 Å². The van der Waals surface area contributed by atoms with Gasteiger partial charge in [-0.2, -0.15) is 5.10 Å². The van der Waals surface area contributed by atoms with Crippen LogP contribution in [0, 0.1) is 19.7 Å². The highest BCUT2D eigenvalue weighted by Gasteiger charge is 2.15. The van der Waals surface area contributed by atoms with Crippen molar-refractivity contribution in [1.29, 1.82) is 0 Å². The number of nitrogen functional groups attached to an aromatic ring is 1. The van der Waals surface area contributed by atoms with Gasteiger partial charge < -0.3 is 11.1 Å². The average Bonchev–Trinajstić information content (AvgIpc) is 2.62.